The molecule has 5 rings (SSSR count). The second kappa shape index (κ2) is 13.7. The van der Waals surface area contributed by atoms with E-state index in [2.05, 4.69) is 35.9 Å². The van der Waals surface area contributed by atoms with Crippen LogP contribution in [0.2, 0.25) is 0 Å². The van der Waals surface area contributed by atoms with E-state index in [1.54, 1.807) is 50.4 Å². The van der Waals surface area contributed by atoms with Crippen molar-refractivity contribution in [2.45, 2.75) is 31.2 Å². The molecule has 1 amide bonds. The molecule has 0 fully saturated rings. The zero-order valence-corrected chi connectivity index (χ0v) is 25.3. The number of benzene rings is 3. The van der Waals surface area contributed by atoms with E-state index < -0.39 is 27.9 Å². The first-order valence-electron chi connectivity index (χ1n) is 14.3. The summed E-state index contributed by atoms with van der Waals surface area (Å²) in [7, 11) is -4.20. The molecule has 5 N–H and O–H groups in total. The Morgan fingerprint density at radius 1 is 1.02 bits per heavy atom. The van der Waals surface area contributed by atoms with Crippen LogP contribution in [0.3, 0.4) is 0 Å². The number of H-pyrrole nitrogens is 1. The Labute approximate surface area is 255 Å². The molecule has 0 spiro atoms. The van der Waals surface area contributed by atoms with Gasteiger partial charge in [0, 0.05) is 30.6 Å². The van der Waals surface area contributed by atoms with Gasteiger partial charge in [0.15, 0.2) is 5.96 Å². The molecule has 1 unspecified atom stereocenters. The molecule has 230 valence electrons. The number of hydrogen-bond acceptors (Lipinski definition) is 9. The minimum atomic E-state index is -4.20. The number of fused-ring (bicyclic) bond motifs is 1. The Morgan fingerprint density at radius 2 is 1.80 bits per heavy atom. The fraction of sp³-hybridized carbons (Fsp3) is 0.290. The summed E-state index contributed by atoms with van der Waals surface area (Å²) in [6, 6.07) is 16.9. The molecule has 12 nitrogen and oxygen atoms in total. The molecule has 0 saturated carbocycles. The van der Waals surface area contributed by atoms with Crippen molar-refractivity contribution in [3.63, 3.8) is 0 Å². The van der Waals surface area contributed by atoms with Gasteiger partial charge in [0.05, 0.1) is 29.8 Å². The molecule has 1 aliphatic heterocycles. The van der Waals surface area contributed by atoms with Gasteiger partial charge in [0.1, 0.15) is 6.04 Å². The minimum Gasteiger partial charge on any atom is -0.464 e. The number of aliphatic imine (C=N–C) groups is 1. The predicted octanol–water partition coefficient (Wildman–Crippen LogP) is 2.41. The number of carbonyl (C=O) groups is 2. The number of nitrogens with zero attached hydrogens (tertiary/aromatic N) is 2. The average molecular weight is 618 g/mol. The van der Waals surface area contributed by atoms with E-state index in [1.807, 2.05) is 30.3 Å². The van der Waals surface area contributed by atoms with Gasteiger partial charge >= 0.3 is 5.97 Å². The van der Waals surface area contributed by atoms with Crippen LogP contribution in [0.1, 0.15) is 27.9 Å². The number of esters is 1. The Bertz CT molecular complexity index is 1760. The van der Waals surface area contributed by atoms with Crippen molar-refractivity contribution in [3.8, 4) is 11.1 Å². The van der Waals surface area contributed by atoms with Gasteiger partial charge in [-0.15, -0.1) is 0 Å². The summed E-state index contributed by atoms with van der Waals surface area (Å²) in [4.78, 5) is 30.5. The first kappa shape index (κ1) is 30.7. The summed E-state index contributed by atoms with van der Waals surface area (Å²) < 4.78 is 35.4. The van der Waals surface area contributed by atoms with E-state index in [1.165, 1.54) is 0 Å². The molecule has 1 aliphatic rings. The zero-order chi connectivity index (χ0) is 31.1. The molecule has 1 atom stereocenters. The SMILES string of the molecule is Cc1cc(-c2ccccc2)cc(C)c1S(=O)(=O)NC(CNC(=O)c1ccc2cn[nH]c2c1)C(=O)OCCCNC1=NCCN1. The van der Waals surface area contributed by atoms with Gasteiger partial charge in [0.2, 0.25) is 10.0 Å². The van der Waals surface area contributed by atoms with E-state index in [0.717, 1.165) is 23.1 Å². The maximum Gasteiger partial charge on any atom is 0.326 e. The zero-order valence-electron chi connectivity index (χ0n) is 24.5. The van der Waals surface area contributed by atoms with Gasteiger partial charge in [-0.25, -0.2) is 8.42 Å². The number of sulfonamides is 1. The van der Waals surface area contributed by atoms with Gasteiger partial charge in [-0.1, -0.05) is 48.5 Å². The highest BCUT2D eigenvalue weighted by Crippen LogP contribution is 2.28. The van der Waals surface area contributed by atoms with Gasteiger partial charge in [-0.05, 0) is 54.7 Å². The number of ether oxygens (including phenoxy) is 1. The van der Waals surface area contributed by atoms with Crippen molar-refractivity contribution >= 4 is 38.8 Å². The van der Waals surface area contributed by atoms with Gasteiger partial charge in [0.25, 0.3) is 5.91 Å². The number of hydrogen-bond donors (Lipinski definition) is 5. The number of carbonyl (C=O) groups excluding carboxylic acids is 2. The average Bonchev–Trinajstić information content (AvgIpc) is 3.70. The van der Waals surface area contributed by atoms with Crippen molar-refractivity contribution in [2.24, 2.45) is 4.99 Å². The van der Waals surface area contributed by atoms with Crippen molar-refractivity contribution in [1.82, 2.24) is 30.9 Å². The summed E-state index contributed by atoms with van der Waals surface area (Å²) in [6.07, 6.45) is 2.11. The molecule has 0 radical (unpaired) electrons. The molecule has 2 heterocycles. The summed E-state index contributed by atoms with van der Waals surface area (Å²) in [5.74, 6) is -0.584. The van der Waals surface area contributed by atoms with E-state index in [0.29, 0.717) is 47.7 Å². The van der Waals surface area contributed by atoms with Crippen LogP contribution in [0.5, 0.6) is 0 Å². The fourth-order valence-electron chi connectivity index (χ4n) is 5.03. The van der Waals surface area contributed by atoms with Crippen molar-refractivity contribution < 1.29 is 22.7 Å². The quantitative estimate of drug-likeness (QED) is 0.119. The van der Waals surface area contributed by atoms with Crippen molar-refractivity contribution in [1.29, 1.82) is 0 Å². The van der Waals surface area contributed by atoms with Gasteiger partial charge in [-0.3, -0.25) is 19.7 Å². The maximum absolute atomic E-state index is 13.7. The third kappa shape index (κ3) is 7.41. The smallest absolute Gasteiger partial charge is 0.326 e. The second-order valence-electron chi connectivity index (χ2n) is 10.5. The van der Waals surface area contributed by atoms with Crippen LogP contribution in [0.4, 0.5) is 0 Å². The largest absolute Gasteiger partial charge is 0.464 e. The number of aromatic amines is 1. The van der Waals surface area contributed by atoms with Gasteiger partial charge in [-0.2, -0.15) is 9.82 Å². The highest BCUT2D eigenvalue weighted by atomic mass is 32.2. The third-order valence-electron chi connectivity index (χ3n) is 7.12. The van der Waals surface area contributed by atoms with Crippen molar-refractivity contribution in [3.05, 3.63) is 83.6 Å². The van der Waals surface area contributed by atoms with E-state index in [9.17, 15) is 18.0 Å². The summed E-state index contributed by atoms with van der Waals surface area (Å²) in [5, 5.41) is 16.5. The lowest BCUT2D eigenvalue weighted by molar-refractivity contribution is -0.145. The minimum absolute atomic E-state index is 0.0472. The molecular weight excluding hydrogens is 582 g/mol. The Morgan fingerprint density at radius 3 is 2.52 bits per heavy atom. The monoisotopic (exact) mass is 617 g/mol. The Balaban J connectivity index is 1.30. The van der Waals surface area contributed by atoms with Crippen LogP contribution >= 0.6 is 0 Å². The van der Waals surface area contributed by atoms with Crippen LogP contribution in [0.25, 0.3) is 22.0 Å². The topological polar surface area (TPSA) is 167 Å². The van der Waals surface area contributed by atoms with Crippen LogP contribution in [0.15, 0.2) is 76.7 Å². The van der Waals surface area contributed by atoms with E-state index in [-0.39, 0.29) is 18.0 Å². The number of aryl methyl sites for hydroxylation is 2. The standard InChI is InChI=1S/C31H35N7O5S/c1-20-15-25(22-7-4-3-5-8-22)16-21(2)28(20)44(41,42)38-27(30(40)43-14-6-11-32-31-33-12-13-34-31)19-35-29(39)23-9-10-24-18-36-37-26(24)17-23/h3-5,7-10,15-18,27,38H,6,11-14,19H2,1-2H3,(H,35,39)(H,36,37)(H2,32,33,34). The van der Waals surface area contributed by atoms with E-state index in [4.69, 9.17) is 4.74 Å². The number of aromatic nitrogens is 2. The summed E-state index contributed by atoms with van der Waals surface area (Å²) in [6.45, 7) is 5.14. The van der Waals surface area contributed by atoms with Crippen LogP contribution in [-0.4, -0.2) is 75.3 Å². The number of guanidine groups is 1. The fourth-order valence-corrected chi connectivity index (χ4v) is 6.67. The Hall–Kier alpha value is -4.75. The third-order valence-corrected chi connectivity index (χ3v) is 8.90. The first-order chi connectivity index (χ1) is 21.2. The molecule has 0 saturated heterocycles. The highest BCUT2D eigenvalue weighted by Gasteiger charge is 2.30. The number of amides is 1. The second-order valence-corrected chi connectivity index (χ2v) is 12.1. The lowest BCUT2D eigenvalue weighted by Crippen LogP contribution is -2.49. The molecule has 4 aromatic rings. The Kier molecular flexibility index (Phi) is 9.56. The molecule has 1 aromatic heterocycles. The number of nitrogens with one attached hydrogen (secondary N) is 5. The molecular formula is C31H35N7O5S. The highest BCUT2D eigenvalue weighted by molar-refractivity contribution is 7.89. The van der Waals surface area contributed by atoms with Crippen LogP contribution in [-0.2, 0) is 19.6 Å². The molecule has 44 heavy (non-hydrogen) atoms. The normalized spacial score (nSPS) is 13.6. The lowest BCUT2D eigenvalue weighted by atomic mass is 10.0. The summed E-state index contributed by atoms with van der Waals surface area (Å²) in [5.41, 5.74) is 3.88. The summed E-state index contributed by atoms with van der Waals surface area (Å²) >= 11 is 0. The van der Waals surface area contributed by atoms with Gasteiger partial charge < -0.3 is 20.7 Å². The van der Waals surface area contributed by atoms with Crippen molar-refractivity contribution in [2.75, 3.05) is 32.8 Å². The molecule has 13 heteroatoms. The lowest BCUT2D eigenvalue weighted by Gasteiger charge is -2.20. The van der Waals surface area contributed by atoms with Crippen LogP contribution < -0.4 is 20.7 Å². The first-order valence-corrected chi connectivity index (χ1v) is 15.8. The molecule has 3 aromatic carbocycles. The van der Waals surface area contributed by atoms with E-state index >= 15 is 0 Å². The predicted molar refractivity (Wildman–Crippen MR) is 168 cm³/mol. The number of rotatable bonds is 12. The molecule has 0 aliphatic carbocycles. The maximum atomic E-state index is 13.7. The van der Waals surface area contributed by atoms with Crippen LogP contribution in [0, 0.1) is 13.8 Å². The molecule has 0 bridgehead atoms.